The first-order valence-corrected chi connectivity index (χ1v) is 7.29. The van der Waals surface area contributed by atoms with Crippen LogP contribution in [0.1, 0.15) is 25.6 Å². The molecular weight excluding hydrogens is 254 g/mol. The summed E-state index contributed by atoms with van der Waals surface area (Å²) < 4.78 is 7.37. The van der Waals surface area contributed by atoms with Gasteiger partial charge in [-0.15, -0.1) is 15.3 Å². The third kappa shape index (κ3) is 2.60. The number of hydrogen-bond acceptors (Lipinski definition) is 5. The van der Waals surface area contributed by atoms with Gasteiger partial charge in [0.2, 0.25) is 0 Å². The van der Waals surface area contributed by atoms with Crippen LogP contribution in [0.25, 0.3) is 5.65 Å². The van der Waals surface area contributed by atoms with Crippen molar-refractivity contribution in [2.24, 2.45) is 5.92 Å². The van der Waals surface area contributed by atoms with E-state index >= 15 is 0 Å². The molecule has 0 aliphatic carbocycles. The highest BCUT2D eigenvalue weighted by molar-refractivity contribution is 5.46. The van der Waals surface area contributed by atoms with Crippen LogP contribution < -0.4 is 4.90 Å². The Bertz CT molecular complexity index is 582. The van der Waals surface area contributed by atoms with Gasteiger partial charge < -0.3 is 9.64 Å². The van der Waals surface area contributed by atoms with Crippen LogP contribution in [0.15, 0.2) is 12.1 Å². The highest BCUT2D eigenvalue weighted by atomic mass is 16.5. The molecule has 0 N–H and O–H groups in total. The zero-order valence-electron chi connectivity index (χ0n) is 12.1. The number of nitrogens with zero attached hydrogens (tertiary/aromatic N) is 5. The van der Waals surface area contributed by atoms with Crippen molar-refractivity contribution in [3.8, 4) is 0 Å². The van der Waals surface area contributed by atoms with Gasteiger partial charge in [-0.05, 0) is 44.7 Å². The summed E-state index contributed by atoms with van der Waals surface area (Å²) in [4.78, 5) is 2.34. The number of fused-ring (bicyclic) bond motifs is 1. The molecule has 0 amide bonds. The first-order valence-electron chi connectivity index (χ1n) is 7.29. The number of aromatic nitrogens is 4. The van der Waals surface area contributed by atoms with E-state index in [1.807, 2.05) is 30.5 Å². The van der Waals surface area contributed by atoms with Gasteiger partial charge in [-0.25, -0.2) is 0 Å². The Morgan fingerprint density at radius 3 is 3.10 bits per heavy atom. The van der Waals surface area contributed by atoms with Crippen LogP contribution in [0.2, 0.25) is 0 Å². The summed E-state index contributed by atoms with van der Waals surface area (Å²) in [7, 11) is 0. The van der Waals surface area contributed by atoms with E-state index in [0.717, 1.165) is 43.6 Å². The van der Waals surface area contributed by atoms with Gasteiger partial charge in [0.15, 0.2) is 11.5 Å². The molecule has 1 unspecified atom stereocenters. The normalized spacial score (nSPS) is 19.7. The van der Waals surface area contributed by atoms with Crippen molar-refractivity contribution in [2.75, 3.05) is 31.2 Å². The van der Waals surface area contributed by atoms with E-state index < -0.39 is 0 Å². The van der Waals surface area contributed by atoms with Crippen molar-refractivity contribution in [1.29, 1.82) is 0 Å². The fourth-order valence-corrected chi connectivity index (χ4v) is 2.75. The van der Waals surface area contributed by atoms with Crippen molar-refractivity contribution in [2.45, 2.75) is 26.7 Å². The maximum atomic E-state index is 5.56. The van der Waals surface area contributed by atoms with Gasteiger partial charge in [-0.1, -0.05) is 0 Å². The molecular formula is C14H21N5O. The molecule has 3 rings (SSSR count). The van der Waals surface area contributed by atoms with Crippen molar-refractivity contribution in [1.82, 2.24) is 19.8 Å². The summed E-state index contributed by atoms with van der Waals surface area (Å²) in [6, 6.07) is 4.01. The summed E-state index contributed by atoms with van der Waals surface area (Å²) in [5.74, 6) is 2.43. The highest BCUT2D eigenvalue weighted by Crippen LogP contribution is 2.22. The minimum Gasteiger partial charge on any atom is -0.381 e. The summed E-state index contributed by atoms with van der Waals surface area (Å²) in [6.45, 7) is 7.68. The van der Waals surface area contributed by atoms with Gasteiger partial charge in [0.25, 0.3) is 0 Å². The molecule has 2 aromatic rings. The molecule has 1 atom stereocenters. The molecule has 6 nitrogen and oxygen atoms in total. The Hall–Kier alpha value is -1.69. The van der Waals surface area contributed by atoms with Crippen LogP contribution in [0.5, 0.6) is 0 Å². The molecule has 6 heteroatoms. The van der Waals surface area contributed by atoms with Crippen molar-refractivity contribution >= 4 is 11.5 Å². The first kappa shape index (κ1) is 13.3. The Labute approximate surface area is 118 Å². The van der Waals surface area contributed by atoms with Crippen LogP contribution in [0.3, 0.4) is 0 Å². The van der Waals surface area contributed by atoms with E-state index in [1.54, 1.807) is 0 Å². The smallest absolute Gasteiger partial charge is 0.178 e. The van der Waals surface area contributed by atoms with Gasteiger partial charge in [0.1, 0.15) is 5.82 Å². The number of rotatable bonds is 4. The van der Waals surface area contributed by atoms with E-state index in [4.69, 9.17) is 4.74 Å². The van der Waals surface area contributed by atoms with Crippen LogP contribution >= 0.6 is 0 Å². The van der Waals surface area contributed by atoms with Crippen molar-refractivity contribution in [3.05, 3.63) is 18.0 Å². The largest absolute Gasteiger partial charge is 0.381 e. The fraction of sp³-hybridized carbons (Fsp3) is 0.643. The number of anilines is 1. The maximum Gasteiger partial charge on any atom is 0.178 e. The van der Waals surface area contributed by atoms with Gasteiger partial charge >= 0.3 is 0 Å². The molecule has 1 aliphatic rings. The Balaban J connectivity index is 1.77. The molecule has 0 radical (unpaired) electrons. The maximum absolute atomic E-state index is 5.56. The molecule has 1 fully saturated rings. The standard InChI is InChI=1S/C14H21N5O/c1-3-20-10-12-5-4-8-18(9-12)14-7-6-13-16-15-11(2)19(13)17-14/h6-7,12H,3-5,8-10H2,1-2H3. The lowest BCUT2D eigenvalue weighted by Gasteiger charge is -2.33. The minimum atomic E-state index is 0.600. The quantitative estimate of drug-likeness (QED) is 0.850. The molecule has 20 heavy (non-hydrogen) atoms. The van der Waals surface area contributed by atoms with Crippen LogP contribution in [0.4, 0.5) is 5.82 Å². The van der Waals surface area contributed by atoms with E-state index in [9.17, 15) is 0 Å². The Morgan fingerprint density at radius 1 is 1.35 bits per heavy atom. The van der Waals surface area contributed by atoms with Crippen molar-refractivity contribution in [3.63, 3.8) is 0 Å². The molecule has 0 spiro atoms. The lowest BCUT2D eigenvalue weighted by molar-refractivity contribution is 0.104. The molecule has 108 valence electrons. The molecule has 2 aromatic heterocycles. The Kier molecular flexibility index (Phi) is 3.82. The van der Waals surface area contributed by atoms with Crippen LogP contribution in [0, 0.1) is 12.8 Å². The molecule has 0 aromatic carbocycles. The predicted molar refractivity (Wildman–Crippen MR) is 76.9 cm³/mol. The monoisotopic (exact) mass is 275 g/mol. The molecule has 0 bridgehead atoms. The van der Waals surface area contributed by atoms with Gasteiger partial charge in [-0.2, -0.15) is 4.52 Å². The molecule has 0 saturated carbocycles. The second-order valence-corrected chi connectivity index (χ2v) is 5.32. The summed E-state index contributed by atoms with van der Waals surface area (Å²) in [6.07, 6.45) is 2.43. The fourth-order valence-electron chi connectivity index (χ4n) is 2.75. The lowest BCUT2D eigenvalue weighted by atomic mass is 9.99. The van der Waals surface area contributed by atoms with E-state index in [-0.39, 0.29) is 0 Å². The minimum absolute atomic E-state index is 0.600. The van der Waals surface area contributed by atoms with E-state index in [1.165, 1.54) is 12.8 Å². The average molecular weight is 275 g/mol. The summed E-state index contributed by atoms with van der Waals surface area (Å²) in [5, 5.41) is 12.8. The van der Waals surface area contributed by atoms with E-state index in [0.29, 0.717) is 5.92 Å². The van der Waals surface area contributed by atoms with E-state index in [2.05, 4.69) is 20.2 Å². The Morgan fingerprint density at radius 2 is 2.25 bits per heavy atom. The van der Waals surface area contributed by atoms with Crippen LogP contribution in [-0.2, 0) is 4.74 Å². The summed E-state index contributed by atoms with van der Waals surface area (Å²) >= 11 is 0. The highest BCUT2D eigenvalue weighted by Gasteiger charge is 2.21. The third-order valence-corrected chi connectivity index (χ3v) is 3.81. The number of hydrogen-bond donors (Lipinski definition) is 0. The first-order chi connectivity index (χ1) is 9.78. The predicted octanol–water partition coefficient (Wildman–Crippen LogP) is 1.69. The van der Waals surface area contributed by atoms with Crippen LogP contribution in [-0.4, -0.2) is 46.1 Å². The number of ether oxygens (including phenoxy) is 1. The average Bonchev–Trinajstić information content (AvgIpc) is 2.86. The third-order valence-electron chi connectivity index (χ3n) is 3.81. The topological polar surface area (TPSA) is 55.5 Å². The number of piperidine rings is 1. The molecule has 1 saturated heterocycles. The second kappa shape index (κ2) is 5.75. The SMILES string of the molecule is CCOCC1CCCN(c2ccc3nnc(C)n3n2)C1. The second-order valence-electron chi connectivity index (χ2n) is 5.32. The molecule has 3 heterocycles. The van der Waals surface area contributed by atoms with Gasteiger partial charge in [-0.3, -0.25) is 0 Å². The zero-order chi connectivity index (χ0) is 13.9. The number of aryl methyl sites for hydroxylation is 1. The van der Waals surface area contributed by atoms with Crippen molar-refractivity contribution < 1.29 is 4.74 Å². The zero-order valence-corrected chi connectivity index (χ0v) is 12.1. The lowest BCUT2D eigenvalue weighted by Crippen LogP contribution is -2.38. The summed E-state index contributed by atoms with van der Waals surface area (Å²) in [5.41, 5.74) is 0.800. The van der Waals surface area contributed by atoms with Gasteiger partial charge in [0.05, 0.1) is 6.61 Å². The molecule has 1 aliphatic heterocycles. The van der Waals surface area contributed by atoms with Gasteiger partial charge in [0, 0.05) is 19.7 Å².